The minimum atomic E-state index is -0.349. The molecule has 142 valence electrons. The maximum absolute atomic E-state index is 12.8. The average Bonchev–Trinajstić information content (AvgIpc) is 2.96. The lowest BCUT2D eigenvalue weighted by atomic mass is 10.1. The molecule has 26 heavy (non-hydrogen) atoms. The molecule has 1 heterocycles. The van der Waals surface area contributed by atoms with Crippen molar-refractivity contribution in [1.82, 2.24) is 8.86 Å². The minimum absolute atomic E-state index is 0.0674. The van der Waals surface area contributed by atoms with Gasteiger partial charge in [0.2, 0.25) is 0 Å². The van der Waals surface area contributed by atoms with Gasteiger partial charge in [-0.1, -0.05) is 11.6 Å². The molecule has 2 rings (SSSR count). The average molecular weight is 396 g/mol. The Balaban J connectivity index is 2.49. The van der Waals surface area contributed by atoms with Crippen molar-refractivity contribution in [3.8, 4) is 5.75 Å². The van der Waals surface area contributed by atoms with Gasteiger partial charge in [0, 0.05) is 28.9 Å². The summed E-state index contributed by atoms with van der Waals surface area (Å²) in [6, 6.07) is 4.97. The smallest absolute Gasteiger partial charge is 0.282 e. The maximum Gasteiger partial charge on any atom is 0.282 e. The Morgan fingerprint density at radius 1 is 1.35 bits per heavy atom. The van der Waals surface area contributed by atoms with Gasteiger partial charge in [0.15, 0.2) is 0 Å². The zero-order valence-electron chi connectivity index (χ0n) is 16.2. The monoisotopic (exact) mass is 395 g/mol. The summed E-state index contributed by atoms with van der Waals surface area (Å²) in [6.07, 6.45) is 2.92. The van der Waals surface area contributed by atoms with Gasteiger partial charge in [-0.3, -0.25) is 8.75 Å². The zero-order chi connectivity index (χ0) is 19.5. The third kappa shape index (κ3) is 5.19. The molecule has 0 saturated heterocycles. The van der Waals surface area contributed by atoms with Crippen molar-refractivity contribution in [3.63, 3.8) is 0 Å². The number of benzene rings is 1. The quantitative estimate of drug-likeness (QED) is 0.773. The zero-order valence-corrected chi connectivity index (χ0v) is 17.7. The molecular weight excluding hydrogens is 370 g/mol. The summed E-state index contributed by atoms with van der Waals surface area (Å²) in [5.74, 6) is 0.122. The first-order valence-electron chi connectivity index (χ1n) is 8.41. The van der Waals surface area contributed by atoms with E-state index in [1.54, 1.807) is 18.2 Å². The molecule has 1 amide bonds. The van der Waals surface area contributed by atoms with E-state index in [9.17, 15) is 4.79 Å². The summed E-state index contributed by atoms with van der Waals surface area (Å²) < 4.78 is 8.15. The Hall–Kier alpha value is -1.63. The van der Waals surface area contributed by atoms with Crippen molar-refractivity contribution in [2.75, 3.05) is 27.7 Å². The van der Waals surface area contributed by atoms with Gasteiger partial charge >= 0.3 is 0 Å². The molecular formula is C19H26ClN3O2S. The number of carbonyl (C=O) groups is 1. The standard InChI is InChI=1S/C19H26ClN3O2S/c1-19(2,3)23-12-13(9-10-22(4)5)18(26-23)21-17(24)15-11-14(20)7-8-16(15)25-6/h7-8,11-12H,9-10H2,1-6H3. The van der Waals surface area contributed by atoms with Crippen LogP contribution in [0.5, 0.6) is 5.75 Å². The molecule has 0 unspecified atom stereocenters. The van der Waals surface area contributed by atoms with Crippen molar-refractivity contribution in [2.45, 2.75) is 32.7 Å². The first-order valence-corrected chi connectivity index (χ1v) is 9.56. The molecule has 7 heteroatoms. The van der Waals surface area contributed by atoms with Crippen LogP contribution < -0.4 is 9.41 Å². The molecule has 1 aromatic carbocycles. The van der Waals surface area contributed by atoms with Crippen LogP contribution in [0.1, 0.15) is 36.7 Å². The minimum Gasteiger partial charge on any atom is -0.496 e. The second-order valence-electron chi connectivity index (χ2n) is 7.36. The molecule has 0 radical (unpaired) electrons. The van der Waals surface area contributed by atoms with E-state index < -0.39 is 0 Å². The summed E-state index contributed by atoms with van der Waals surface area (Å²) in [5, 5.41) is 0.480. The van der Waals surface area contributed by atoms with Gasteiger partial charge in [0.1, 0.15) is 10.4 Å². The van der Waals surface area contributed by atoms with Crippen molar-refractivity contribution in [2.24, 2.45) is 4.99 Å². The van der Waals surface area contributed by atoms with Crippen LogP contribution in [0, 0.1) is 0 Å². The predicted octanol–water partition coefficient (Wildman–Crippen LogP) is 3.81. The normalized spacial score (nSPS) is 12.7. The van der Waals surface area contributed by atoms with Crippen molar-refractivity contribution in [1.29, 1.82) is 0 Å². The Labute approximate surface area is 164 Å². The Bertz CT molecular complexity index is 847. The number of amides is 1. The van der Waals surface area contributed by atoms with Crippen LogP contribution in [-0.2, 0) is 12.0 Å². The number of ether oxygens (including phenoxy) is 1. The number of hydrogen-bond donors (Lipinski definition) is 0. The number of halogens is 1. The van der Waals surface area contributed by atoms with E-state index >= 15 is 0 Å². The summed E-state index contributed by atoms with van der Waals surface area (Å²) in [7, 11) is 5.59. The highest BCUT2D eigenvalue weighted by molar-refractivity contribution is 7.04. The van der Waals surface area contributed by atoms with Gasteiger partial charge < -0.3 is 9.64 Å². The number of carbonyl (C=O) groups excluding carboxylic acids is 1. The number of rotatable bonds is 5. The van der Waals surface area contributed by atoms with Crippen LogP contribution in [0.3, 0.4) is 0 Å². The van der Waals surface area contributed by atoms with E-state index in [1.165, 1.54) is 18.6 Å². The van der Waals surface area contributed by atoms with E-state index in [2.05, 4.69) is 40.8 Å². The number of hydrogen-bond acceptors (Lipinski definition) is 4. The van der Waals surface area contributed by atoms with E-state index in [1.807, 2.05) is 14.1 Å². The highest BCUT2D eigenvalue weighted by Gasteiger charge is 2.17. The van der Waals surface area contributed by atoms with E-state index in [-0.39, 0.29) is 11.4 Å². The molecule has 0 aliphatic heterocycles. The van der Waals surface area contributed by atoms with Crippen LogP contribution in [-0.4, -0.2) is 42.5 Å². The van der Waals surface area contributed by atoms with Crippen LogP contribution in [0.2, 0.25) is 5.02 Å². The lowest BCUT2D eigenvalue weighted by Crippen LogP contribution is -2.18. The summed E-state index contributed by atoms with van der Waals surface area (Å²) >= 11 is 7.54. The fraction of sp³-hybridized carbons (Fsp3) is 0.474. The highest BCUT2D eigenvalue weighted by atomic mass is 35.5. The highest BCUT2D eigenvalue weighted by Crippen LogP contribution is 2.23. The van der Waals surface area contributed by atoms with E-state index in [4.69, 9.17) is 16.3 Å². The first kappa shape index (κ1) is 20.7. The molecule has 0 atom stereocenters. The molecule has 0 spiro atoms. The fourth-order valence-corrected chi connectivity index (χ4v) is 3.52. The lowest BCUT2D eigenvalue weighted by Gasteiger charge is -2.19. The number of nitrogens with zero attached hydrogens (tertiary/aromatic N) is 3. The predicted molar refractivity (Wildman–Crippen MR) is 107 cm³/mol. The van der Waals surface area contributed by atoms with Crippen molar-refractivity contribution in [3.05, 3.63) is 45.2 Å². The third-order valence-electron chi connectivity index (χ3n) is 3.82. The van der Waals surface area contributed by atoms with Gasteiger partial charge in [-0.2, -0.15) is 4.99 Å². The van der Waals surface area contributed by atoms with Crippen LogP contribution in [0.4, 0.5) is 0 Å². The van der Waals surface area contributed by atoms with Gasteiger partial charge in [-0.25, -0.2) is 0 Å². The maximum atomic E-state index is 12.8. The summed E-state index contributed by atoms with van der Waals surface area (Å²) in [5.41, 5.74) is 1.37. The summed E-state index contributed by atoms with van der Waals surface area (Å²) in [4.78, 5) is 19.3. The van der Waals surface area contributed by atoms with E-state index in [0.29, 0.717) is 16.3 Å². The second-order valence-corrected chi connectivity index (χ2v) is 8.76. The van der Waals surface area contributed by atoms with Gasteiger partial charge in [0.25, 0.3) is 5.91 Å². The van der Waals surface area contributed by atoms with E-state index in [0.717, 1.165) is 23.2 Å². The number of methoxy groups -OCH3 is 1. The van der Waals surface area contributed by atoms with Gasteiger partial charge in [-0.05, 0) is 71.0 Å². The Morgan fingerprint density at radius 2 is 2.04 bits per heavy atom. The molecule has 0 bridgehead atoms. The van der Waals surface area contributed by atoms with Crippen molar-refractivity contribution < 1.29 is 9.53 Å². The van der Waals surface area contributed by atoms with Gasteiger partial charge in [0.05, 0.1) is 12.7 Å². The number of likely N-dealkylation sites (N-methyl/N-ethyl adjacent to an activating group) is 1. The van der Waals surface area contributed by atoms with Crippen LogP contribution in [0.15, 0.2) is 29.4 Å². The fourth-order valence-electron chi connectivity index (χ4n) is 2.31. The Morgan fingerprint density at radius 3 is 2.62 bits per heavy atom. The summed E-state index contributed by atoms with van der Waals surface area (Å²) in [6.45, 7) is 7.28. The molecule has 0 N–H and O–H groups in total. The second kappa shape index (κ2) is 8.37. The first-order chi connectivity index (χ1) is 12.1. The molecule has 2 aromatic rings. The topological polar surface area (TPSA) is 46.8 Å². The molecule has 5 nitrogen and oxygen atoms in total. The molecule has 0 aliphatic carbocycles. The third-order valence-corrected chi connectivity index (χ3v) is 5.43. The van der Waals surface area contributed by atoms with Gasteiger partial charge in [-0.15, -0.1) is 0 Å². The van der Waals surface area contributed by atoms with Crippen LogP contribution in [0.25, 0.3) is 0 Å². The lowest BCUT2D eigenvalue weighted by molar-refractivity contribution is 0.0996. The molecule has 0 saturated carbocycles. The molecule has 0 fully saturated rings. The Kier molecular flexibility index (Phi) is 6.66. The number of aromatic nitrogens is 1. The van der Waals surface area contributed by atoms with Crippen LogP contribution >= 0.6 is 23.1 Å². The SMILES string of the molecule is COc1ccc(Cl)cc1C(=O)N=c1sn(C(C)(C)C)cc1CCN(C)C. The van der Waals surface area contributed by atoms with Crippen molar-refractivity contribution >= 4 is 29.0 Å². The molecule has 1 aromatic heterocycles. The molecule has 0 aliphatic rings. The largest absolute Gasteiger partial charge is 0.496 e.